The standard InChI is InChI=1S/C18H30NOSi.3CH3.Sn/c1-12-13-9-10-16(21(4,5)6)15(13)8-7-14(12)17-19-18(2,3)11-20-17;;;;/h12-15H,7-9,11H2,1-6H3;3*1H3;/t12-,13-,14?,15+;;;;/m1..../s1. The molecule has 0 amide bonds. The molecule has 0 aromatic heterocycles. The molecule has 0 N–H and O–H groups in total. The zero-order valence-corrected chi connectivity index (χ0v) is 21.8. The molecule has 1 fully saturated rings. The van der Waals surface area contributed by atoms with E-state index >= 15 is 0 Å². The van der Waals surface area contributed by atoms with Crippen molar-refractivity contribution < 1.29 is 4.74 Å². The van der Waals surface area contributed by atoms with Gasteiger partial charge >= 0.3 is 161 Å². The van der Waals surface area contributed by atoms with Crippen LogP contribution >= 0.6 is 0 Å². The maximum atomic E-state index is 6.07. The first-order valence-corrected chi connectivity index (χ1v) is 23.8. The van der Waals surface area contributed by atoms with E-state index in [0.717, 1.165) is 24.3 Å². The van der Waals surface area contributed by atoms with Gasteiger partial charge in [-0.3, -0.25) is 0 Å². The Hall–Kier alpha value is 0.226. The molecule has 0 aromatic carbocycles. The minimum absolute atomic E-state index is 0.0175. The van der Waals surface area contributed by atoms with Crippen LogP contribution in [0.15, 0.2) is 13.8 Å². The third-order valence-electron chi connectivity index (χ3n) is 6.77. The van der Waals surface area contributed by atoms with Crippen LogP contribution in [0.5, 0.6) is 0 Å². The Balaban J connectivity index is 1.90. The molecule has 0 spiro atoms. The Labute approximate surface area is 160 Å². The second-order valence-corrected chi connectivity index (χ2v) is 31.1. The summed E-state index contributed by atoms with van der Waals surface area (Å²) in [4.78, 5) is 12.9. The van der Waals surface area contributed by atoms with E-state index in [1.165, 1.54) is 19.3 Å². The number of aliphatic imine (C=N–C) groups is 1. The SMILES string of the molecule is C[C@H]1C(C2=NC(C)(C)CO2)CC[C@@H]2C([Si](C)(C)C)=[C]([Sn]([CH3])([CH3])[CH3])C[C@@H]21. The number of ether oxygens (including phenoxy) is 1. The van der Waals surface area contributed by atoms with Gasteiger partial charge in [-0.1, -0.05) is 0 Å². The predicted molar refractivity (Wildman–Crippen MR) is 115 cm³/mol. The molecular formula is C21H39NOSiSn. The fourth-order valence-corrected chi connectivity index (χ4v) is 19.1. The Morgan fingerprint density at radius 3 is 2.16 bits per heavy atom. The molecule has 4 heteroatoms. The molecule has 1 unspecified atom stereocenters. The van der Waals surface area contributed by atoms with Crippen molar-refractivity contribution in [1.82, 2.24) is 0 Å². The van der Waals surface area contributed by atoms with Crippen molar-refractivity contribution in [3.63, 3.8) is 0 Å². The average Bonchev–Trinajstić information content (AvgIpc) is 2.99. The number of nitrogens with zero attached hydrogens (tertiary/aromatic N) is 1. The monoisotopic (exact) mass is 469 g/mol. The van der Waals surface area contributed by atoms with Gasteiger partial charge in [-0.15, -0.1) is 0 Å². The number of fused-ring (bicyclic) bond motifs is 1. The van der Waals surface area contributed by atoms with Crippen LogP contribution in [0.25, 0.3) is 0 Å². The normalized spacial score (nSPS) is 35.5. The third kappa shape index (κ3) is 3.79. The summed E-state index contributed by atoms with van der Waals surface area (Å²) >= 11 is -2.03. The minimum atomic E-state index is -2.03. The number of hydrogen-bond donors (Lipinski definition) is 0. The van der Waals surface area contributed by atoms with E-state index in [9.17, 15) is 0 Å². The van der Waals surface area contributed by atoms with E-state index in [4.69, 9.17) is 9.73 Å². The summed E-state index contributed by atoms with van der Waals surface area (Å²) in [5, 5.41) is 2.00. The molecule has 1 aliphatic heterocycles. The Morgan fingerprint density at radius 2 is 1.68 bits per heavy atom. The van der Waals surface area contributed by atoms with Gasteiger partial charge in [0, 0.05) is 0 Å². The molecular weight excluding hydrogens is 429 g/mol. The Kier molecular flexibility index (Phi) is 5.10. The van der Waals surface area contributed by atoms with Gasteiger partial charge in [0.1, 0.15) is 0 Å². The molecule has 1 heterocycles. The zero-order valence-electron chi connectivity index (χ0n) is 18.0. The van der Waals surface area contributed by atoms with Crippen molar-refractivity contribution in [1.29, 1.82) is 0 Å². The molecule has 3 rings (SSSR count). The summed E-state index contributed by atoms with van der Waals surface area (Å²) in [6, 6.07) is 0. The first kappa shape index (κ1) is 20.0. The van der Waals surface area contributed by atoms with Crippen molar-refractivity contribution in [2.45, 2.75) is 80.0 Å². The van der Waals surface area contributed by atoms with Crippen LogP contribution in [0, 0.1) is 23.7 Å². The van der Waals surface area contributed by atoms with Crippen LogP contribution in [0.4, 0.5) is 0 Å². The van der Waals surface area contributed by atoms with Crippen molar-refractivity contribution in [2.24, 2.45) is 28.7 Å². The first-order chi connectivity index (χ1) is 11.3. The van der Waals surface area contributed by atoms with E-state index in [-0.39, 0.29) is 5.54 Å². The summed E-state index contributed by atoms with van der Waals surface area (Å²) in [7, 11) is -1.24. The molecule has 0 radical (unpaired) electrons. The Bertz CT molecular complexity index is 608. The summed E-state index contributed by atoms with van der Waals surface area (Å²) in [6.45, 7) is 15.4. The molecule has 3 aliphatic rings. The Morgan fingerprint density at radius 1 is 1.08 bits per heavy atom. The fourth-order valence-electron chi connectivity index (χ4n) is 5.63. The van der Waals surface area contributed by atoms with Crippen LogP contribution in [0.2, 0.25) is 34.5 Å². The molecule has 25 heavy (non-hydrogen) atoms. The van der Waals surface area contributed by atoms with Crippen molar-refractivity contribution in [3.8, 4) is 0 Å². The van der Waals surface area contributed by atoms with Crippen molar-refractivity contribution >= 4 is 32.3 Å². The number of hydrogen-bond acceptors (Lipinski definition) is 2. The van der Waals surface area contributed by atoms with Gasteiger partial charge in [0.2, 0.25) is 0 Å². The molecule has 2 nitrogen and oxygen atoms in total. The fraction of sp³-hybridized carbons (Fsp3) is 0.857. The number of allylic oxidation sites excluding steroid dienone is 2. The van der Waals surface area contributed by atoms with E-state index in [1.54, 1.807) is 0 Å². The summed E-state index contributed by atoms with van der Waals surface area (Å²) in [6.07, 6.45) is 4.05. The topological polar surface area (TPSA) is 21.6 Å². The predicted octanol–water partition coefficient (Wildman–Crippen LogP) is 5.93. The summed E-state index contributed by atoms with van der Waals surface area (Å²) in [5.74, 6) is 4.07. The molecule has 2 aliphatic carbocycles. The van der Waals surface area contributed by atoms with Crippen molar-refractivity contribution in [2.75, 3.05) is 6.61 Å². The zero-order chi connectivity index (χ0) is 18.8. The molecule has 0 aromatic rings. The van der Waals surface area contributed by atoms with Crippen LogP contribution in [0.1, 0.15) is 40.0 Å². The van der Waals surface area contributed by atoms with Gasteiger partial charge in [-0.25, -0.2) is 0 Å². The summed E-state index contributed by atoms with van der Waals surface area (Å²) in [5.41, 5.74) is -0.0175. The van der Waals surface area contributed by atoms with E-state index in [2.05, 4.69) is 55.2 Å². The van der Waals surface area contributed by atoms with Crippen LogP contribution in [0.3, 0.4) is 0 Å². The van der Waals surface area contributed by atoms with Gasteiger partial charge in [0.25, 0.3) is 0 Å². The van der Waals surface area contributed by atoms with Crippen LogP contribution in [-0.4, -0.2) is 44.5 Å². The number of rotatable bonds is 3. The molecule has 142 valence electrons. The van der Waals surface area contributed by atoms with Gasteiger partial charge in [0.05, 0.1) is 0 Å². The van der Waals surface area contributed by atoms with Crippen LogP contribution < -0.4 is 0 Å². The van der Waals surface area contributed by atoms with E-state index in [0.29, 0.717) is 11.8 Å². The molecule has 0 saturated heterocycles. The van der Waals surface area contributed by atoms with Gasteiger partial charge < -0.3 is 0 Å². The van der Waals surface area contributed by atoms with E-state index < -0.39 is 26.5 Å². The quantitative estimate of drug-likeness (QED) is 0.471. The first-order valence-electron chi connectivity index (χ1n) is 10.3. The molecule has 0 bridgehead atoms. The van der Waals surface area contributed by atoms with Gasteiger partial charge in [0.15, 0.2) is 0 Å². The molecule has 1 saturated carbocycles. The third-order valence-corrected chi connectivity index (χ3v) is 16.3. The average molecular weight is 468 g/mol. The van der Waals surface area contributed by atoms with Crippen molar-refractivity contribution in [3.05, 3.63) is 8.79 Å². The maximum absolute atomic E-state index is 6.07. The van der Waals surface area contributed by atoms with Crippen LogP contribution in [-0.2, 0) is 4.74 Å². The van der Waals surface area contributed by atoms with Gasteiger partial charge in [-0.05, 0) is 0 Å². The van der Waals surface area contributed by atoms with Gasteiger partial charge in [-0.2, -0.15) is 0 Å². The second-order valence-electron chi connectivity index (χ2n) is 11.5. The second kappa shape index (κ2) is 6.39. The summed E-state index contributed by atoms with van der Waals surface area (Å²) < 4.78 is 8.08. The molecule has 4 atom stereocenters. The van der Waals surface area contributed by atoms with E-state index in [1.807, 2.05) is 8.79 Å².